The third-order valence-corrected chi connectivity index (χ3v) is 63.6. The molecule has 2 aliphatic rings. The van der Waals surface area contributed by atoms with E-state index in [0.717, 1.165) is 25.7 Å². The van der Waals surface area contributed by atoms with Crippen LogP contribution in [0, 0.1) is 0 Å². The van der Waals surface area contributed by atoms with Gasteiger partial charge in [0.2, 0.25) is 0 Å². The summed E-state index contributed by atoms with van der Waals surface area (Å²) in [6.07, 6.45) is 8.94. The predicted molar refractivity (Wildman–Crippen MR) is 205 cm³/mol. The third-order valence-electron chi connectivity index (χ3n) is 11.3. The van der Waals surface area contributed by atoms with Crippen molar-refractivity contribution in [2.45, 2.75) is 87.6 Å². The van der Waals surface area contributed by atoms with Crippen molar-refractivity contribution in [3.05, 3.63) is 128 Å². The minimum atomic E-state index is -4.78. The normalized spacial score (nSPS) is 18.2. The summed E-state index contributed by atoms with van der Waals surface area (Å²) in [6.45, 7) is 18.6. The van der Waals surface area contributed by atoms with E-state index < -0.39 is 21.5 Å². The van der Waals surface area contributed by atoms with Gasteiger partial charge in [0.15, 0.2) is 0 Å². The minimum absolute atomic E-state index is 0.0985. The predicted octanol–water partition coefficient (Wildman–Crippen LogP) is 12.9. The quantitative estimate of drug-likeness (QED) is 0.150. The van der Waals surface area contributed by atoms with Crippen molar-refractivity contribution in [2.75, 3.05) is 0 Å². The Hall–Kier alpha value is -1.96. The Labute approximate surface area is 286 Å². The Kier molecular flexibility index (Phi) is 9.45. The first-order valence-corrected chi connectivity index (χ1v) is 33.7. The van der Waals surface area contributed by atoms with Gasteiger partial charge in [-0.2, -0.15) is 0 Å². The molecule has 0 nitrogen and oxygen atoms in total. The molecule has 0 fully saturated rings. The first kappa shape index (κ1) is 33.9. The van der Waals surface area contributed by atoms with Gasteiger partial charge in [-0.3, -0.25) is 0 Å². The summed E-state index contributed by atoms with van der Waals surface area (Å²) in [7, 11) is 17.2. The average Bonchev–Trinajstić information content (AvgIpc) is 3.60. The zero-order chi connectivity index (χ0) is 33.0. The fourth-order valence-electron chi connectivity index (χ4n) is 8.96. The van der Waals surface area contributed by atoms with Crippen molar-refractivity contribution < 1.29 is 15.6 Å². The Morgan fingerprint density at radius 1 is 0.543 bits per heavy atom. The van der Waals surface area contributed by atoms with Crippen LogP contribution in [0.25, 0.3) is 34.4 Å². The Bertz CT molecular complexity index is 1770. The molecule has 4 aromatic carbocycles. The van der Waals surface area contributed by atoms with Crippen LogP contribution < -0.4 is 0 Å². The molecule has 0 amide bonds. The molecule has 0 N–H and O–H groups in total. The molecule has 4 heteroatoms. The van der Waals surface area contributed by atoms with Crippen LogP contribution in [0.2, 0.25) is 13.1 Å². The topological polar surface area (TPSA) is 0 Å². The molecule has 46 heavy (non-hydrogen) atoms. The zero-order valence-corrected chi connectivity index (χ0v) is 34.0. The van der Waals surface area contributed by atoms with Crippen LogP contribution in [0.15, 0.2) is 83.9 Å². The third kappa shape index (κ3) is 5.08. The SMILES string of the molecule is CCc1ccccc1-c1c(CC)ccc2c1C=C(C)[CH]2[Zr]([Cl])([Cl])([CH]1C(C)=Cc2c1ccc(CC)c2-c1ccccc1CC)[SiH](C)C. The van der Waals surface area contributed by atoms with Crippen molar-refractivity contribution in [1.82, 2.24) is 0 Å². The first-order chi connectivity index (χ1) is 22.0. The summed E-state index contributed by atoms with van der Waals surface area (Å²) >= 11 is -4.78. The number of allylic oxidation sites excluding steroid dienone is 2. The summed E-state index contributed by atoms with van der Waals surface area (Å²) in [5, 5.41) is 0. The van der Waals surface area contributed by atoms with E-state index in [9.17, 15) is 0 Å². The van der Waals surface area contributed by atoms with E-state index in [4.69, 9.17) is 17.0 Å². The Morgan fingerprint density at radius 3 is 1.26 bits per heavy atom. The first-order valence-electron chi connectivity index (χ1n) is 17.4. The van der Waals surface area contributed by atoms with Gasteiger partial charge in [-0.05, 0) is 0 Å². The molecule has 0 saturated heterocycles. The molecular formula is C42H49Cl2SiZr. The Morgan fingerprint density at radius 2 is 0.913 bits per heavy atom. The molecule has 0 bridgehead atoms. The number of rotatable bonds is 9. The van der Waals surface area contributed by atoms with E-state index in [-0.39, 0.29) is 7.25 Å². The molecular weight excluding hydrogens is 695 g/mol. The number of benzene rings is 4. The maximum absolute atomic E-state index is 8.60. The number of hydrogen-bond donors (Lipinski definition) is 0. The van der Waals surface area contributed by atoms with E-state index in [1.54, 1.807) is 0 Å². The van der Waals surface area contributed by atoms with E-state index in [1.165, 1.54) is 77.9 Å². The fraction of sp³-hybridized carbons (Fsp3) is 0.333. The summed E-state index contributed by atoms with van der Waals surface area (Å²) in [5.41, 5.74) is 19.3. The van der Waals surface area contributed by atoms with Gasteiger partial charge in [0.05, 0.1) is 0 Å². The summed E-state index contributed by atoms with van der Waals surface area (Å²) in [4.78, 5) is 0. The average molecular weight is 744 g/mol. The van der Waals surface area contributed by atoms with Crippen LogP contribution in [0.4, 0.5) is 0 Å². The van der Waals surface area contributed by atoms with Gasteiger partial charge >= 0.3 is 289 Å². The molecule has 0 radical (unpaired) electrons. The fourth-order valence-corrected chi connectivity index (χ4v) is 41.9. The van der Waals surface area contributed by atoms with Gasteiger partial charge in [0.1, 0.15) is 0 Å². The van der Waals surface area contributed by atoms with Gasteiger partial charge in [-0.25, -0.2) is 0 Å². The van der Waals surface area contributed by atoms with Crippen LogP contribution in [0.5, 0.6) is 0 Å². The monoisotopic (exact) mass is 741 g/mol. The van der Waals surface area contributed by atoms with Crippen molar-refractivity contribution in [2.24, 2.45) is 0 Å². The maximum atomic E-state index is 8.60. The van der Waals surface area contributed by atoms with Crippen molar-refractivity contribution in [1.29, 1.82) is 0 Å². The number of halogens is 2. The molecule has 0 heterocycles. The van der Waals surface area contributed by atoms with Crippen LogP contribution in [-0.2, 0) is 41.2 Å². The summed E-state index contributed by atoms with van der Waals surface area (Å²) < 4.78 is 0.197. The van der Waals surface area contributed by atoms with Gasteiger partial charge in [0, 0.05) is 0 Å². The van der Waals surface area contributed by atoms with E-state index in [2.05, 4.69) is 140 Å². The number of fused-ring (bicyclic) bond motifs is 2. The van der Waals surface area contributed by atoms with Gasteiger partial charge in [0.25, 0.3) is 0 Å². The molecule has 4 aromatic rings. The zero-order valence-electron chi connectivity index (χ0n) is 28.9. The molecule has 0 aliphatic heterocycles. The summed E-state index contributed by atoms with van der Waals surface area (Å²) in [5.74, 6) is -1.61. The molecule has 2 aliphatic carbocycles. The molecule has 6 rings (SSSR count). The van der Waals surface area contributed by atoms with Crippen LogP contribution >= 0.6 is 17.0 Å². The summed E-state index contributed by atoms with van der Waals surface area (Å²) in [6, 6.07) is 27.5. The van der Waals surface area contributed by atoms with E-state index in [0.29, 0.717) is 0 Å². The number of aryl methyl sites for hydroxylation is 4. The van der Waals surface area contributed by atoms with E-state index in [1.807, 2.05) is 0 Å². The van der Waals surface area contributed by atoms with Crippen molar-refractivity contribution in [3.8, 4) is 22.3 Å². The second kappa shape index (κ2) is 12.8. The van der Waals surface area contributed by atoms with Crippen molar-refractivity contribution in [3.63, 3.8) is 0 Å². The number of hydrogen-bond acceptors (Lipinski definition) is 0. The van der Waals surface area contributed by atoms with Crippen LogP contribution in [0.3, 0.4) is 0 Å². The standard InChI is InChI=1S/2C20H21.C2H7Si.2ClH.Zr/c2*1-4-15-8-6-7-9-18(15)20-16(5-2)10-11-17-12-14(3)13-19(17)20;1-3-2;;;/h2*6-13H,4-5H2,1-3H3;3H,1-2H3;2*1H;/q;;;;;+2/p-2. The van der Waals surface area contributed by atoms with Crippen LogP contribution in [-0.4, -0.2) is 5.92 Å². The molecule has 0 spiro atoms. The Balaban J connectivity index is 1.61. The second-order valence-corrected chi connectivity index (χ2v) is 56.5. The van der Waals surface area contributed by atoms with E-state index >= 15 is 0 Å². The molecule has 2 unspecified atom stereocenters. The van der Waals surface area contributed by atoms with Crippen molar-refractivity contribution >= 4 is 35.1 Å². The second-order valence-electron chi connectivity index (χ2n) is 14.0. The van der Waals surface area contributed by atoms with Gasteiger partial charge in [-0.1, -0.05) is 0 Å². The molecule has 2 atom stereocenters. The van der Waals surface area contributed by atoms with Gasteiger partial charge in [-0.15, -0.1) is 0 Å². The van der Waals surface area contributed by atoms with Gasteiger partial charge < -0.3 is 0 Å². The molecule has 239 valence electrons. The molecule has 0 aromatic heterocycles. The molecule has 0 saturated carbocycles. The van der Waals surface area contributed by atoms with Crippen LogP contribution in [0.1, 0.15) is 93.3 Å².